The first-order valence-corrected chi connectivity index (χ1v) is 6.68. The molecule has 1 aliphatic heterocycles. The Kier molecular flexibility index (Phi) is 3.90. The van der Waals surface area contributed by atoms with Crippen LogP contribution in [0.2, 0.25) is 5.02 Å². The first kappa shape index (κ1) is 14.7. The molecule has 1 aromatic rings. The third-order valence-corrected chi connectivity index (χ3v) is 2.92. The first-order valence-electron chi connectivity index (χ1n) is 6.30. The van der Waals surface area contributed by atoms with E-state index in [2.05, 4.69) is 5.32 Å². The van der Waals surface area contributed by atoms with Crippen molar-refractivity contribution in [2.75, 3.05) is 18.1 Å². The number of benzene rings is 1. The minimum absolute atomic E-state index is 0.0488. The highest BCUT2D eigenvalue weighted by Gasteiger charge is 2.28. The van der Waals surface area contributed by atoms with Crippen LogP contribution in [0.25, 0.3) is 0 Å². The summed E-state index contributed by atoms with van der Waals surface area (Å²) in [6.07, 6.45) is 0. The smallest absolute Gasteiger partial charge is 0.265 e. The lowest BCUT2D eigenvalue weighted by atomic mass is 10.1. The molecule has 5 nitrogen and oxygen atoms in total. The number of carbonyl (C=O) groups is 2. The Bertz CT molecular complexity index is 552. The van der Waals surface area contributed by atoms with Crippen LogP contribution in [0.15, 0.2) is 18.2 Å². The second-order valence-corrected chi connectivity index (χ2v) is 6.12. The molecule has 108 valence electrons. The Morgan fingerprint density at radius 1 is 1.45 bits per heavy atom. The highest BCUT2D eigenvalue weighted by atomic mass is 35.5. The summed E-state index contributed by atoms with van der Waals surface area (Å²) >= 11 is 5.94. The number of rotatable bonds is 2. The number of hydrogen-bond acceptors (Lipinski definition) is 3. The van der Waals surface area contributed by atoms with Crippen LogP contribution in [0, 0.1) is 0 Å². The Morgan fingerprint density at radius 3 is 2.80 bits per heavy atom. The second kappa shape index (κ2) is 5.32. The molecular weight excluding hydrogens is 280 g/mol. The molecule has 1 heterocycles. The Balaban J connectivity index is 2.21. The summed E-state index contributed by atoms with van der Waals surface area (Å²) in [6, 6.07) is 5.00. The number of amides is 2. The molecule has 0 radical (unpaired) electrons. The van der Waals surface area contributed by atoms with Crippen LogP contribution in [0.4, 0.5) is 5.69 Å². The van der Waals surface area contributed by atoms with E-state index < -0.39 is 0 Å². The maximum atomic E-state index is 12.0. The average Bonchev–Trinajstić information content (AvgIpc) is 2.31. The summed E-state index contributed by atoms with van der Waals surface area (Å²) in [4.78, 5) is 25.3. The molecule has 0 atom stereocenters. The van der Waals surface area contributed by atoms with E-state index in [4.69, 9.17) is 16.3 Å². The van der Waals surface area contributed by atoms with Crippen LogP contribution in [-0.2, 0) is 9.59 Å². The van der Waals surface area contributed by atoms with E-state index in [0.717, 1.165) is 0 Å². The van der Waals surface area contributed by atoms with Gasteiger partial charge in [0.2, 0.25) is 5.91 Å². The summed E-state index contributed by atoms with van der Waals surface area (Å²) < 4.78 is 5.32. The van der Waals surface area contributed by atoms with Gasteiger partial charge in [0, 0.05) is 10.6 Å². The van der Waals surface area contributed by atoms with Crippen molar-refractivity contribution in [3.63, 3.8) is 0 Å². The van der Waals surface area contributed by atoms with Gasteiger partial charge in [-0.15, -0.1) is 0 Å². The Labute approximate surface area is 122 Å². The zero-order chi connectivity index (χ0) is 14.9. The number of nitrogens with one attached hydrogen (secondary N) is 1. The van der Waals surface area contributed by atoms with Gasteiger partial charge < -0.3 is 10.1 Å². The summed E-state index contributed by atoms with van der Waals surface area (Å²) in [7, 11) is 0. The van der Waals surface area contributed by atoms with E-state index in [-0.39, 0.29) is 30.5 Å². The van der Waals surface area contributed by atoms with Gasteiger partial charge in [-0.2, -0.15) is 0 Å². The lowest BCUT2D eigenvalue weighted by Gasteiger charge is -2.30. The van der Waals surface area contributed by atoms with Crippen LogP contribution >= 0.6 is 11.6 Å². The molecule has 0 saturated heterocycles. The molecule has 0 aliphatic carbocycles. The molecule has 1 aromatic carbocycles. The van der Waals surface area contributed by atoms with E-state index in [1.54, 1.807) is 18.2 Å². The topological polar surface area (TPSA) is 58.6 Å². The summed E-state index contributed by atoms with van der Waals surface area (Å²) in [6.45, 7) is 5.54. The predicted octanol–water partition coefficient (Wildman–Crippen LogP) is 1.98. The Morgan fingerprint density at radius 2 is 2.15 bits per heavy atom. The highest BCUT2D eigenvalue weighted by molar-refractivity contribution is 6.31. The Hall–Kier alpha value is -1.75. The van der Waals surface area contributed by atoms with Crippen LogP contribution in [0.1, 0.15) is 20.8 Å². The number of halogens is 1. The number of fused-ring (bicyclic) bond motifs is 1. The number of nitrogens with zero attached hydrogens (tertiary/aromatic N) is 1. The van der Waals surface area contributed by atoms with Gasteiger partial charge in [-0.25, -0.2) is 0 Å². The lowest BCUT2D eigenvalue weighted by molar-refractivity contribution is -0.126. The van der Waals surface area contributed by atoms with Gasteiger partial charge in [-0.05, 0) is 39.0 Å². The van der Waals surface area contributed by atoms with Gasteiger partial charge in [-0.1, -0.05) is 11.6 Å². The molecular formula is C14H17ClN2O3. The van der Waals surface area contributed by atoms with Crippen LogP contribution in [0.5, 0.6) is 5.75 Å². The molecule has 0 unspecified atom stereocenters. The van der Waals surface area contributed by atoms with Gasteiger partial charge in [0.1, 0.15) is 12.3 Å². The van der Waals surface area contributed by atoms with E-state index in [1.807, 2.05) is 20.8 Å². The predicted molar refractivity (Wildman–Crippen MR) is 77.2 cm³/mol. The molecule has 2 amide bonds. The van der Waals surface area contributed by atoms with Crippen LogP contribution in [0.3, 0.4) is 0 Å². The van der Waals surface area contributed by atoms with Crippen LogP contribution < -0.4 is 15.0 Å². The van der Waals surface area contributed by atoms with Gasteiger partial charge in [0.05, 0.1) is 5.69 Å². The molecule has 20 heavy (non-hydrogen) atoms. The minimum atomic E-state index is -0.344. The highest BCUT2D eigenvalue weighted by Crippen LogP contribution is 2.34. The lowest BCUT2D eigenvalue weighted by Crippen LogP contribution is -2.49. The SMILES string of the molecule is CC(C)(C)NC(=O)CN1C(=O)COc2ccc(Cl)cc21. The van der Waals surface area contributed by atoms with Crippen molar-refractivity contribution in [2.45, 2.75) is 26.3 Å². The van der Waals surface area contributed by atoms with Crippen molar-refractivity contribution >= 4 is 29.1 Å². The molecule has 0 spiro atoms. The van der Waals surface area contributed by atoms with Gasteiger partial charge in [-0.3, -0.25) is 14.5 Å². The quantitative estimate of drug-likeness (QED) is 0.908. The molecule has 0 aromatic heterocycles. The number of carbonyl (C=O) groups excluding carboxylic acids is 2. The monoisotopic (exact) mass is 296 g/mol. The first-order chi connectivity index (χ1) is 9.26. The van der Waals surface area contributed by atoms with Crippen molar-refractivity contribution in [3.05, 3.63) is 23.2 Å². The fraction of sp³-hybridized carbons (Fsp3) is 0.429. The van der Waals surface area contributed by atoms with Crippen molar-refractivity contribution in [2.24, 2.45) is 0 Å². The average molecular weight is 297 g/mol. The molecule has 1 N–H and O–H groups in total. The van der Waals surface area contributed by atoms with E-state index in [9.17, 15) is 9.59 Å². The van der Waals surface area contributed by atoms with E-state index >= 15 is 0 Å². The fourth-order valence-electron chi connectivity index (χ4n) is 1.95. The molecule has 2 rings (SSSR count). The van der Waals surface area contributed by atoms with Gasteiger partial charge in [0.15, 0.2) is 6.61 Å². The maximum absolute atomic E-state index is 12.0. The molecule has 0 fully saturated rings. The minimum Gasteiger partial charge on any atom is -0.482 e. The largest absolute Gasteiger partial charge is 0.482 e. The maximum Gasteiger partial charge on any atom is 0.265 e. The summed E-state index contributed by atoms with van der Waals surface area (Å²) in [5.41, 5.74) is 0.182. The normalized spacial score (nSPS) is 14.6. The number of anilines is 1. The third-order valence-electron chi connectivity index (χ3n) is 2.68. The number of hydrogen-bond donors (Lipinski definition) is 1. The molecule has 0 saturated carbocycles. The van der Waals surface area contributed by atoms with Crippen molar-refractivity contribution in [3.8, 4) is 5.75 Å². The summed E-state index contributed by atoms with van der Waals surface area (Å²) in [5.74, 6) is 0.0695. The third kappa shape index (κ3) is 3.42. The molecule has 1 aliphatic rings. The van der Waals surface area contributed by atoms with Crippen LogP contribution in [-0.4, -0.2) is 30.5 Å². The van der Waals surface area contributed by atoms with Gasteiger partial charge >= 0.3 is 0 Å². The van der Waals surface area contributed by atoms with Crippen molar-refractivity contribution < 1.29 is 14.3 Å². The zero-order valence-corrected chi connectivity index (χ0v) is 12.5. The zero-order valence-electron chi connectivity index (χ0n) is 11.7. The van der Waals surface area contributed by atoms with E-state index in [0.29, 0.717) is 16.5 Å². The molecule has 0 bridgehead atoms. The van der Waals surface area contributed by atoms with E-state index in [1.165, 1.54) is 4.90 Å². The summed E-state index contributed by atoms with van der Waals surface area (Å²) in [5, 5.41) is 3.31. The van der Waals surface area contributed by atoms with Gasteiger partial charge in [0.25, 0.3) is 5.91 Å². The van der Waals surface area contributed by atoms with Crippen molar-refractivity contribution in [1.82, 2.24) is 5.32 Å². The standard InChI is InChI=1S/C14H17ClN2O3/c1-14(2,3)16-12(18)7-17-10-6-9(15)4-5-11(10)20-8-13(17)19/h4-6H,7-8H2,1-3H3,(H,16,18). The fourth-order valence-corrected chi connectivity index (χ4v) is 2.12. The second-order valence-electron chi connectivity index (χ2n) is 5.68. The molecule has 6 heteroatoms. The number of ether oxygens (including phenoxy) is 1. The van der Waals surface area contributed by atoms with Crippen molar-refractivity contribution in [1.29, 1.82) is 0 Å².